The van der Waals surface area contributed by atoms with Crippen LogP contribution in [0, 0.1) is 0 Å². The molecule has 7 nitrogen and oxygen atoms in total. The molecule has 174 valence electrons. The molecule has 0 aliphatic carbocycles. The van der Waals surface area contributed by atoms with Crippen LogP contribution in [0.15, 0.2) is 42.6 Å². The molecule has 2 aromatic rings. The summed E-state index contributed by atoms with van der Waals surface area (Å²) < 4.78 is 46.5. The van der Waals surface area contributed by atoms with Crippen LogP contribution in [0.2, 0.25) is 0 Å². The molecule has 1 aliphatic heterocycles. The third kappa shape index (κ3) is 8.01. The van der Waals surface area contributed by atoms with E-state index in [2.05, 4.69) is 25.3 Å². The largest absolute Gasteiger partial charge is 0.411 e. The van der Waals surface area contributed by atoms with Crippen molar-refractivity contribution in [3.63, 3.8) is 0 Å². The Bertz CT molecular complexity index is 860. The number of morpholine rings is 1. The van der Waals surface area contributed by atoms with Crippen LogP contribution >= 0.6 is 0 Å². The molecule has 0 saturated carbocycles. The van der Waals surface area contributed by atoms with E-state index in [1.165, 1.54) is 0 Å². The molecule has 0 spiro atoms. The lowest BCUT2D eigenvalue weighted by molar-refractivity contribution is -0.176. The Hall–Kier alpha value is -2.85. The second-order valence-corrected chi connectivity index (χ2v) is 7.61. The average molecular weight is 452 g/mol. The highest BCUT2D eigenvalue weighted by Crippen LogP contribution is 2.16. The minimum atomic E-state index is -4.34. The van der Waals surface area contributed by atoms with Gasteiger partial charge in [0.15, 0.2) is 0 Å². The Morgan fingerprint density at radius 1 is 1.12 bits per heavy atom. The molecule has 32 heavy (non-hydrogen) atoms. The predicted octanol–water partition coefficient (Wildman–Crippen LogP) is 3.39. The van der Waals surface area contributed by atoms with Crippen LogP contribution in [0.4, 0.5) is 23.8 Å². The molecule has 1 aromatic carbocycles. The number of anilines is 1. The first-order valence-electron chi connectivity index (χ1n) is 10.3. The van der Waals surface area contributed by atoms with E-state index < -0.39 is 12.8 Å². The van der Waals surface area contributed by atoms with Crippen LogP contribution in [0.1, 0.15) is 23.6 Å². The molecule has 3 rings (SSSR count). The molecule has 2 N–H and O–H groups in total. The lowest BCUT2D eigenvalue weighted by Crippen LogP contribution is -2.41. The third-order valence-electron chi connectivity index (χ3n) is 4.84. The van der Waals surface area contributed by atoms with Crippen molar-refractivity contribution in [1.29, 1.82) is 0 Å². The fourth-order valence-corrected chi connectivity index (χ4v) is 3.20. The van der Waals surface area contributed by atoms with Gasteiger partial charge in [-0.1, -0.05) is 30.3 Å². The molecule has 2 heterocycles. The molecule has 0 bridgehead atoms. The van der Waals surface area contributed by atoms with E-state index in [0.29, 0.717) is 25.3 Å². The Kier molecular flexibility index (Phi) is 8.29. The van der Waals surface area contributed by atoms with Gasteiger partial charge < -0.3 is 25.0 Å². The van der Waals surface area contributed by atoms with Crippen molar-refractivity contribution in [2.75, 3.05) is 31.2 Å². The maximum atomic E-state index is 12.1. The molecular weight excluding hydrogens is 425 g/mol. The monoisotopic (exact) mass is 452 g/mol. The van der Waals surface area contributed by atoms with Crippen molar-refractivity contribution in [2.45, 2.75) is 38.9 Å². The molecule has 2 amide bonds. The maximum absolute atomic E-state index is 12.1. The standard InChI is InChI=1S/C22H27F3N4O3/c1-16-13-29(8-9-32-16)20-7-6-19(11-26-20)12-28-21(30)27-10-17-2-4-18(5-3-17)14-31-15-22(23,24)25/h2-7,11,16H,8-10,12-15H2,1H3,(H2,27,28,30). The summed E-state index contributed by atoms with van der Waals surface area (Å²) in [5.41, 5.74) is 2.34. The van der Waals surface area contributed by atoms with Crippen molar-refractivity contribution in [3.05, 3.63) is 59.3 Å². The van der Waals surface area contributed by atoms with Gasteiger partial charge in [0.2, 0.25) is 0 Å². The number of halogens is 3. The van der Waals surface area contributed by atoms with Gasteiger partial charge in [-0.2, -0.15) is 13.2 Å². The highest BCUT2D eigenvalue weighted by atomic mass is 19.4. The summed E-state index contributed by atoms with van der Waals surface area (Å²) in [7, 11) is 0. The van der Waals surface area contributed by atoms with Crippen molar-refractivity contribution in [1.82, 2.24) is 15.6 Å². The Morgan fingerprint density at radius 3 is 2.41 bits per heavy atom. The number of urea groups is 1. The van der Waals surface area contributed by atoms with E-state index in [-0.39, 0.29) is 18.7 Å². The van der Waals surface area contributed by atoms with E-state index in [9.17, 15) is 18.0 Å². The fraction of sp³-hybridized carbons (Fsp3) is 0.455. The van der Waals surface area contributed by atoms with Gasteiger partial charge in [-0.3, -0.25) is 0 Å². The molecule has 1 fully saturated rings. The minimum Gasteiger partial charge on any atom is -0.375 e. The third-order valence-corrected chi connectivity index (χ3v) is 4.84. The number of alkyl halides is 3. The van der Waals surface area contributed by atoms with Crippen molar-refractivity contribution in [2.24, 2.45) is 0 Å². The summed E-state index contributed by atoms with van der Waals surface area (Å²) in [5, 5.41) is 5.53. The van der Waals surface area contributed by atoms with Gasteiger partial charge in [0, 0.05) is 32.4 Å². The number of nitrogens with one attached hydrogen (secondary N) is 2. The molecule has 1 aliphatic rings. The van der Waals surface area contributed by atoms with E-state index in [4.69, 9.17) is 4.74 Å². The number of amides is 2. The smallest absolute Gasteiger partial charge is 0.375 e. The van der Waals surface area contributed by atoms with E-state index in [1.807, 2.05) is 19.1 Å². The summed E-state index contributed by atoms with van der Waals surface area (Å²) in [6.45, 7) is 3.56. The number of hydrogen-bond donors (Lipinski definition) is 2. The first kappa shape index (κ1) is 23.8. The summed E-state index contributed by atoms with van der Waals surface area (Å²) >= 11 is 0. The first-order valence-corrected chi connectivity index (χ1v) is 10.3. The lowest BCUT2D eigenvalue weighted by Gasteiger charge is -2.32. The van der Waals surface area contributed by atoms with Gasteiger partial charge in [-0.15, -0.1) is 0 Å². The highest BCUT2D eigenvalue weighted by Gasteiger charge is 2.27. The number of nitrogens with zero attached hydrogens (tertiary/aromatic N) is 2. The van der Waals surface area contributed by atoms with Crippen LogP contribution in [0.25, 0.3) is 0 Å². The molecule has 1 atom stereocenters. The number of pyridine rings is 1. The van der Waals surface area contributed by atoms with Gasteiger partial charge in [0.25, 0.3) is 0 Å². The van der Waals surface area contributed by atoms with Crippen LogP contribution in [0.3, 0.4) is 0 Å². The summed E-state index contributed by atoms with van der Waals surface area (Å²) in [5.74, 6) is 0.889. The zero-order valence-electron chi connectivity index (χ0n) is 17.8. The van der Waals surface area contributed by atoms with Crippen LogP contribution in [-0.2, 0) is 29.2 Å². The summed E-state index contributed by atoms with van der Waals surface area (Å²) in [6.07, 6.45) is -2.42. The normalized spacial score (nSPS) is 16.6. The number of benzene rings is 1. The quantitative estimate of drug-likeness (QED) is 0.642. The lowest BCUT2D eigenvalue weighted by atomic mass is 10.1. The van der Waals surface area contributed by atoms with Crippen LogP contribution < -0.4 is 15.5 Å². The maximum Gasteiger partial charge on any atom is 0.411 e. The van der Waals surface area contributed by atoms with Crippen LogP contribution in [0.5, 0.6) is 0 Å². The summed E-state index contributed by atoms with van der Waals surface area (Å²) in [4.78, 5) is 18.7. The molecule has 1 aromatic heterocycles. The van der Waals surface area contributed by atoms with Crippen molar-refractivity contribution < 1.29 is 27.4 Å². The number of rotatable bonds is 8. The zero-order chi connectivity index (χ0) is 23.0. The fourth-order valence-electron chi connectivity index (χ4n) is 3.20. The van der Waals surface area contributed by atoms with E-state index in [1.54, 1.807) is 30.5 Å². The number of ether oxygens (including phenoxy) is 2. The number of aromatic nitrogens is 1. The molecule has 1 saturated heterocycles. The van der Waals surface area contributed by atoms with E-state index >= 15 is 0 Å². The summed E-state index contributed by atoms with van der Waals surface area (Å²) in [6, 6.07) is 10.4. The predicted molar refractivity (Wildman–Crippen MR) is 113 cm³/mol. The minimum absolute atomic E-state index is 0.120. The van der Waals surface area contributed by atoms with E-state index in [0.717, 1.165) is 30.0 Å². The van der Waals surface area contributed by atoms with Crippen molar-refractivity contribution >= 4 is 11.8 Å². The van der Waals surface area contributed by atoms with Gasteiger partial charge in [0.05, 0.1) is 19.3 Å². The number of hydrogen-bond acceptors (Lipinski definition) is 5. The number of carbonyl (C=O) groups excluding carboxylic acids is 1. The van der Waals surface area contributed by atoms with Gasteiger partial charge in [-0.25, -0.2) is 9.78 Å². The molecule has 1 unspecified atom stereocenters. The van der Waals surface area contributed by atoms with Gasteiger partial charge in [0.1, 0.15) is 12.4 Å². The Balaban J connectivity index is 1.37. The SMILES string of the molecule is CC1CN(c2ccc(CNC(=O)NCc3ccc(COCC(F)(F)F)cc3)cn2)CCO1. The second-order valence-electron chi connectivity index (χ2n) is 7.61. The second kappa shape index (κ2) is 11.1. The number of carbonyl (C=O) groups is 1. The average Bonchev–Trinajstić information content (AvgIpc) is 2.77. The first-order chi connectivity index (χ1) is 15.3. The molecule has 10 heteroatoms. The van der Waals surface area contributed by atoms with Crippen molar-refractivity contribution in [3.8, 4) is 0 Å². The Morgan fingerprint density at radius 2 is 1.78 bits per heavy atom. The van der Waals surface area contributed by atoms with Gasteiger partial charge in [-0.05, 0) is 29.7 Å². The molecular formula is C22H27F3N4O3. The molecule has 0 radical (unpaired) electrons. The van der Waals surface area contributed by atoms with Crippen LogP contribution in [-0.4, -0.2) is 49.6 Å². The Labute approximate surface area is 184 Å². The van der Waals surface area contributed by atoms with Gasteiger partial charge >= 0.3 is 12.2 Å². The topological polar surface area (TPSA) is 75.7 Å². The zero-order valence-corrected chi connectivity index (χ0v) is 17.8. The highest BCUT2D eigenvalue weighted by molar-refractivity contribution is 5.73.